The fourth-order valence-electron chi connectivity index (χ4n) is 1.47. The first-order chi connectivity index (χ1) is 8.72. The Morgan fingerprint density at radius 1 is 1.39 bits per heavy atom. The maximum atomic E-state index is 10.3. The predicted octanol–water partition coefficient (Wildman–Crippen LogP) is 0.0844. The molecule has 7 heteroatoms. The van der Waals surface area contributed by atoms with E-state index in [1.807, 2.05) is 6.20 Å². The molecule has 2 N–H and O–H groups in total. The fraction of sp³-hybridized carbons (Fsp3) is 0.727. The van der Waals surface area contributed by atoms with Gasteiger partial charge in [0, 0.05) is 12.6 Å². The van der Waals surface area contributed by atoms with Crippen LogP contribution in [0.5, 0.6) is 0 Å². The lowest BCUT2D eigenvalue weighted by Crippen LogP contribution is -2.08. The van der Waals surface area contributed by atoms with Crippen LogP contribution in [-0.4, -0.2) is 51.0 Å². The Labute approximate surface area is 105 Å². The molecule has 1 aromatic rings. The quantitative estimate of drug-likeness (QED) is 0.576. The van der Waals surface area contributed by atoms with E-state index in [1.54, 1.807) is 4.68 Å². The van der Waals surface area contributed by atoms with Crippen molar-refractivity contribution < 1.29 is 19.7 Å². The zero-order valence-electron chi connectivity index (χ0n) is 10.3. The number of ether oxygens (including phenoxy) is 1. The SMILES string of the molecule is O=C(O)CCCCc1cn(CCOCCO)nn1. The molecule has 0 radical (unpaired) electrons. The van der Waals surface area contributed by atoms with Crippen molar-refractivity contribution >= 4 is 5.97 Å². The van der Waals surface area contributed by atoms with Gasteiger partial charge in [-0.2, -0.15) is 0 Å². The summed E-state index contributed by atoms with van der Waals surface area (Å²) in [5.74, 6) is -0.764. The number of carboxylic acid groups (broad SMARTS) is 1. The van der Waals surface area contributed by atoms with Gasteiger partial charge >= 0.3 is 5.97 Å². The third-order valence-electron chi connectivity index (χ3n) is 2.36. The van der Waals surface area contributed by atoms with Crippen molar-refractivity contribution in [3.8, 4) is 0 Å². The number of unbranched alkanes of at least 4 members (excludes halogenated alkanes) is 1. The monoisotopic (exact) mass is 257 g/mol. The van der Waals surface area contributed by atoms with Crippen molar-refractivity contribution in [2.45, 2.75) is 32.2 Å². The molecule has 0 aliphatic heterocycles. The van der Waals surface area contributed by atoms with Gasteiger partial charge in [0.05, 0.1) is 32.1 Å². The van der Waals surface area contributed by atoms with Gasteiger partial charge in [-0.05, 0) is 19.3 Å². The Bertz CT molecular complexity index is 354. The number of hydrogen-bond donors (Lipinski definition) is 2. The number of nitrogens with zero attached hydrogens (tertiary/aromatic N) is 3. The van der Waals surface area contributed by atoms with Crippen LogP contribution in [0, 0.1) is 0 Å². The highest BCUT2D eigenvalue weighted by molar-refractivity contribution is 5.66. The van der Waals surface area contributed by atoms with E-state index in [0.29, 0.717) is 26.2 Å². The van der Waals surface area contributed by atoms with E-state index in [4.69, 9.17) is 14.9 Å². The molecule has 0 aromatic carbocycles. The standard InChI is InChI=1S/C11H19N3O4/c15-6-8-18-7-5-14-9-10(12-13-14)3-1-2-4-11(16)17/h9,15H,1-8H2,(H,16,17). The lowest BCUT2D eigenvalue weighted by molar-refractivity contribution is -0.137. The lowest BCUT2D eigenvalue weighted by atomic mass is 10.1. The molecule has 1 aromatic heterocycles. The average Bonchev–Trinajstić information content (AvgIpc) is 2.78. The Morgan fingerprint density at radius 2 is 2.22 bits per heavy atom. The highest BCUT2D eigenvalue weighted by atomic mass is 16.5. The first kappa shape index (κ1) is 14.6. The van der Waals surface area contributed by atoms with E-state index < -0.39 is 5.97 Å². The van der Waals surface area contributed by atoms with Crippen molar-refractivity contribution in [1.82, 2.24) is 15.0 Å². The van der Waals surface area contributed by atoms with Crippen LogP contribution in [0.2, 0.25) is 0 Å². The summed E-state index contributed by atoms with van der Waals surface area (Å²) in [7, 11) is 0. The molecule has 0 aliphatic carbocycles. The number of carboxylic acids is 1. The van der Waals surface area contributed by atoms with E-state index in [9.17, 15) is 4.79 Å². The summed E-state index contributed by atoms with van der Waals surface area (Å²) < 4.78 is 6.80. The number of aromatic nitrogens is 3. The third kappa shape index (κ3) is 6.31. The number of carbonyl (C=O) groups is 1. The smallest absolute Gasteiger partial charge is 0.303 e. The van der Waals surface area contributed by atoms with Crippen molar-refractivity contribution in [3.63, 3.8) is 0 Å². The van der Waals surface area contributed by atoms with Gasteiger partial charge in [-0.1, -0.05) is 5.21 Å². The minimum Gasteiger partial charge on any atom is -0.481 e. The van der Waals surface area contributed by atoms with Crippen LogP contribution >= 0.6 is 0 Å². The summed E-state index contributed by atoms with van der Waals surface area (Å²) in [4.78, 5) is 10.3. The zero-order valence-corrected chi connectivity index (χ0v) is 10.3. The number of aliphatic hydroxyl groups is 1. The third-order valence-corrected chi connectivity index (χ3v) is 2.36. The van der Waals surface area contributed by atoms with Gasteiger partial charge < -0.3 is 14.9 Å². The summed E-state index contributed by atoms with van der Waals surface area (Å²) in [5.41, 5.74) is 0.863. The molecule has 0 fully saturated rings. The Morgan fingerprint density at radius 3 is 2.94 bits per heavy atom. The van der Waals surface area contributed by atoms with Crippen LogP contribution in [-0.2, 0) is 22.5 Å². The normalized spacial score (nSPS) is 10.7. The van der Waals surface area contributed by atoms with E-state index in [2.05, 4.69) is 10.3 Å². The van der Waals surface area contributed by atoms with Crippen LogP contribution < -0.4 is 0 Å². The average molecular weight is 257 g/mol. The molecule has 7 nitrogen and oxygen atoms in total. The van der Waals surface area contributed by atoms with Crippen LogP contribution in [0.15, 0.2) is 6.20 Å². The van der Waals surface area contributed by atoms with Gasteiger partial charge in [0.15, 0.2) is 0 Å². The van der Waals surface area contributed by atoms with Crippen molar-refractivity contribution in [1.29, 1.82) is 0 Å². The highest BCUT2D eigenvalue weighted by Crippen LogP contribution is 2.03. The van der Waals surface area contributed by atoms with Crippen LogP contribution in [0.25, 0.3) is 0 Å². The van der Waals surface area contributed by atoms with Crippen molar-refractivity contribution in [2.75, 3.05) is 19.8 Å². The number of aryl methyl sites for hydroxylation is 1. The van der Waals surface area contributed by atoms with Crippen molar-refractivity contribution in [3.05, 3.63) is 11.9 Å². The first-order valence-electron chi connectivity index (χ1n) is 6.02. The number of aliphatic carboxylic acids is 1. The minimum atomic E-state index is -0.764. The molecule has 0 unspecified atom stereocenters. The van der Waals surface area contributed by atoms with Gasteiger partial charge in [-0.3, -0.25) is 4.79 Å². The van der Waals surface area contributed by atoms with Crippen LogP contribution in [0.1, 0.15) is 25.0 Å². The number of aliphatic hydroxyl groups excluding tert-OH is 1. The second-order valence-corrected chi connectivity index (χ2v) is 3.91. The summed E-state index contributed by atoms with van der Waals surface area (Å²) in [5, 5.41) is 24.9. The van der Waals surface area contributed by atoms with E-state index >= 15 is 0 Å². The number of rotatable bonds is 10. The van der Waals surface area contributed by atoms with Crippen molar-refractivity contribution in [2.24, 2.45) is 0 Å². The van der Waals surface area contributed by atoms with Crippen LogP contribution in [0.3, 0.4) is 0 Å². The Hall–Kier alpha value is -1.47. The first-order valence-corrected chi connectivity index (χ1v) is 6.02. The van der Waals surface area contributed by atoms with Gasteiger partial charge in [0.1, 0.15) is 0 Å². The second kappa shape index (κ2) is 8.60. The summed E-state index contributed by atoms with van der Waals surface area (Å²) in [6.45, 7) is 1.44. The molecule has 102 valence electrons. The van der Waals surface area contributed by atoms with Gasteiger partial charge in [-0.25, -0.2) is 4.68 Å². The molecule has 0 amide bonds. The zero-order chi connectivity index (χ0) is 13.2. The molecule has 0 bridgehead atoms. The fourth-order valence-corrected chi connectivity index (χ4v) is 1.47. The maximum absolute atomic E-state index is 10.3. The predicted molar refractivity (Wildman–Crippen MR) is 63.1 cm³/mol. The molecule has 1 heterocycles. The largest absolute Gasteiger partial charge is 0.481 e. The topological polar surface area (TPSA) is 97.5 Å². The van der Waals surface area contributed by atoms with Gasteiger partial charge in [0.25, 0.3) is 0 Å². The van der Waals surface area contributed by atoms with E-state index in [1.165, 1.54) is 0 Å². The second-order valence-electron chi connectivity index (χ2n) is 3.91. The lowest BCUT2D eigenvalue weighted by Gasteiger charge is -2.00. The Kier molecular flexibility index (Phi) is 6.97. The summed E-state index contributed by atoms with van der Waals surface area (Å²) in [6.07, 6.45) is 4.23. The summed E-state index contributed by atoms with van der Waals surface area (Å²) in [6, 6.07) is 0. The molecular formula is C11H19N3O4. The highest BCUT2D eigenvalue weighted by Gasteiger charge is 2.02. The molecule has 0 aliphatic rings. The van der Waals surface area contributed by atoms with Gasteiger partial charge in [0.2, 0.25) is 0 Å². The minimum absolute atomic E-state index is 0.0200. The van der Waals surface area contributed by atoms with Gasteiger partial charge in [-0.15, -0.1) is 5.10 Å². The molecule has 0 spiro atoms. The summed E-state index contributed by atoms with van der Waals surface area (Å²) >= 11 is 0. The van der Waals surface area contributed by atoms with E-state index in [0.717, 1.165) is 18.5 Å². The molecule has 0 saturated heterocycles. The van der Waals surface area contributed by atoms with Crippen LogP contribution in [0.4, 0.5) is 0 Å². The molecule has 0 atom stereocenters. The molecular weight excluding hydrogens is 238 g/mol. The molecule has 1 rings (SSSR count). The number of hydrogen-bond acceptors (Lipinski definition) is 5. The van der Waals surface area contributed by atoms with E-state index in [-0.39, 0.29) is 13.0 Å². The Balaban J connectivity index is 2.15. The molecule has 18 heavy (non-hydrogen) atoms. The molecule has 0 saturated carbocycles. The maximum Gasteiger partial charge on any atom is 0.303 e.